The van der Waals surface area contributed by atoms with Gasteiger partial charge in [-0.1, -0.05) is 43.9 Å². The van der Waals surface area contributed by atoms with Crippen LogP contribution in [0.15, 0.2) is 36.4 Å². The Bertz CT molecular complexity index is 768. The Morgan fingerprint density at radius 1 is 1.13 bits per heavy atom. The summed E-state index contributed by atoms with van der Waals surface area (Å²) in [7, 11) is 0. The third-order valence-electron chi connectivity index (χ3n) is 6.00. The van der Waals surface area contributed by atoms with Crippen molar-refractivity contribution in [3.8, 4) is 0 Å². The van der Waals surface area contributed by atoms with Gasteiger partial charge >= 0.3 is 5.97 Å². The quantitative estimate of drug-likeness (QED) is 0.428. The van der Waals surface area contributed by atoms with E-state index >= 15 is 0 Å². The Morgan fingerprint density at radius 2 is 1.87 bits per heavy atom. The van der Waals surface area contributed by atoms with E-state index in [4.69, 9.17) is 4.74 Å². The topological polar surface area (TPSA) is 63.7 Å². The number of ketones is 1. The number of amides is 1. The molecule has 1 heterocycles. The van der Waals surface area contributed by atoms with E-state index in [0.717, 1.165) is 12.0 Å². The van der Waals surface area contributed by atoms with Gasteiger partial charge in [0.2, 0.25) is 5.91 Å². The van der Waals surface area contributed by atoms with E-state index in [1.807, 2.05) is 0 Å². The molecule has 2 fully saturated rings. The Balaban J connectivity index is 1.40. The summed E-state index contributed by atoms with van der Waals surface area (Å²) >= 11 is 0. The van der Waals surface area contributed by atoms with Gasteiger partial charge in [0.25, 0.3) is 0 Å². The second-order valence-electron chi connectivity index (χ2n) is 8.23. The summed E-state index contributed by atoms with van der Waals surface area (Å²) < 4.78 is 18.3. The lowest BCUT2D eigenvalue weighted by Crippen LogP contribution is -2.35. The average molecular weight is 416 g/mol. The SMILES string of the molecule is O=C(/C=C/[C@H]1CCC(=O)N1CCOC(=O)CCC1CCCC1)Cc1ccc(F)cc1. The molecule has 0 bridgehead atoms. The second kappa shape index (κ2) is 11.0. The number of carbonyl (C=O) groups excluding carboxylic acids is 3. The van der Waals surface area contributed by atoms with Gasteiger partial charge < -0.3 is 9.64 Å². The van der Waals surface area contributed by atoms with Crippen LogP contribution in [-0.2, 0) is 25.5 Å². The molecule has 1 saturated heterocycles. The number of likely N-dealkylation sites (tertiary alicyclic amines) is 1. The number of carbonyl (C=O) groups is 3. The van der Waals surface area contributed by atoms with Gasteiger partial charge in [-0.05, 0) is 42.5 Å². The number of rotatable bonds is 10. The van der Waals surface area contributed by atoms with E-state index in [1.54, 1.807) is 23.1 Å². The number of hydrogen-bond acceptors (Lipinski definition) is 4. The van der Waals surface area contributed by atoms with Gasteiger partial charge in [-0.25, -0.2) is 4.39 Å². The van der Waals surface area contributed by atoms with Crippen LogP contribution >= 0.6 is 0 Å². The first-order valence-corrected chi connectivity index (χ1v) is 10.9. The highest BCUT2D eigenvalue weighted by Crippen LogP contribution is 2.28. The molecule has 2 aliphatic rings. The number of allylic oxidation sites excluding steroid dienone is 1. The van der Waals surface area contributed by atoms with Crippen molar-refractivity contribution in [3.05, 3.63) is 47.8 Å². The van der Waals surface area contributed by atoms with Crippen molar-refractivity contribution in [1.29, 1.82) is 0 Å². The molecule has 1 saturated carbocycles. The molecule has 3 rings (SSSR count). The first-order valence-electron chi connectivity index (χ1n) is 10.9. The van der Waals surface area contributed by atoms with E-state index < -0.39 is 0 Å². The molecule has 0 radical (unpaired) electrons. The normalized spacial score (nSPS) is 19.7. The zero-order valence-corrected chi connectivity index (χ0v) is 17.4. The second-order valence-corrected chi connectivity index (χ2v) is 8.23. The summed E-state index contributed by atoms with van der Waals surface area (Å²) in [5.74, 6) is 0.0350. The van der Waals surface area contributed by atoms with Crippen LogP contribution < -0.4 is 0 Å². The maximum absolute atomic E-state index is 13.0. The van der Waals surface area contributed by atoms with Crippen molar-refractivity contribution >= 4 is 17.7 Å². The highest BCUT2D eigenvalue weighted by Gasteiger charge is 2.29. The minimum Gasteiger partial charge on any atom is -0.464 e. The zero-order chi connectivity index (χ0) is 21.3. The van der Waals surface area contributed by atoms with Gasteiger partial charge in [-0.15, -0.1) is 0 Å². The number of hydrogen-bond donors (Lipinski definition) is 0. The van der Waals surface area contributed by atoms with Gasteiger partial charge in [0.15, 0.2) is 5.78 Å². The molecule has 1 atom stereocenters. The van der Waals surface area contributed by atoms with Crippen molar-refractivity contribution in [2.45, 2.75) is 63.8 Å². The molecule has 162 valence electrons. The third kappa shape index (κ3) is 6.78. The van der Waals surface area contributed by atoms with Gasteiger partial charge in [0.1, 0.15) is 12.4 Å². The number of halogens is 1. The van der Waals surface area contributed by atoms with E-state index in [2.05, 4.69) is 0 Å². The molecule has 1 amide bonds. The molecule has 0 aromatic heterocycles. The van der Waals surface area contributed by atoms with E-state index in [9.17, 15) is 18.8 Å². The minimum atomic E-state index is -0.332. The van der Waals surface area contributed by atoms with Crippen molar-refractivity contribution in [2.75, 3.05) is 13.2 Å². The van der Waals surface area contributed by atoms with Crippen LogP contribution in [0.1, 0.15) is 56.9 Å². The van der Waals surface area contributed by atoms with Gasteiger partial charge in [-0.3, -0.25) is 14.4 Å². The van der Waals surface area contributed by atoms with Gasteiger partial charge in [-0.2, -0.15) is 0 Å². The first kappa shape index (κ1) is 22.2. The average Bonchev–Trinajstić information content (AvgIpc) is 3.37. The van der Waals surface area contributed by atoms with E-state index in [0.29, 0.717) is 31.7 Å². The van der Waals surface area contributed by atoms with E-state index in [-0.39, 0.29) is 42.5 Å². The van der Waals surface area contributed by atoms with Crippen LogP contribution in [0.3, 0.4) is 0 Å². The zero-order valence-electron chi connectivity index (χ0n) is 17.4. The Morgan fingerprint density at radius 3 is 2.60 bits per heavy atom. The Labute approximate surface area is 177 Å². The number of benzene rings is 1. The lowest BCUT2D eigenvalue weighted by molar-refractivity contribution is -0.145. The molecular formula is C24H30FNO4. The lowest BCUT2D eigenvalue weighted by Gasteiger charge is -2.22. The van der Waals surface area contributed by atoms with Crippen LogP contribution in [0.5, 0.6) is 0 Å². The molecule has 6 heteroatoms. The molecule has 0 unspecified atom stereocenters. The third-order valence-corrected chi connectivity index (χ3v) is 6.00. The maximum atomic E-state index is 13.0. The Kier molecular flexibility index (Phi) is 8.17. The van der Waals surface area contributed by atoms with E-state index in [1.165, 1.54) is 43.9 Å². The predicted molar refractivity (Wildman–Crippen MR) is 111 cm³/mol. The smallest absolute Gasteiger partial charge is 0.305 e. The molecule has 1 aliphatic heterocycles. The number of ether oxygens (including phenoxy) is 1. The number of esters is 1. The summed E-state index contributed by atoms with van der Waals surface area (Å²) in [6, 6.07) is 5.69. The number of nitrogens with zero attached hydrogens (tertiary/aromatic N) is 1. The maximum Gasteiger partial charge on any atom is 0.305 e. The van der Waals surface area contributed by atoms with Crippen molar-refractivity contribution < 1.29 is 23.5 Å². The molecule has 1 aromatic rings. The predicted octanol–water partition coefficient (Wildman–Crippen LogP) is 4.00. The summed E-state index contributed by atoms with van der Waals surface area (Å²) in [5, 5.41) is 0. The highest BCUT2D eigenvalue weighted by molar-refractivity contribution is 5.91. The van der Waals surface area contributed by atoms with Crippen LogP contribution in [-0.4, -0.2) is 41.8 Å². The van der Waals surface area contributed by atoms with Gasteiger partial charge in [0.05, 0.1) is 12.6 Å². The van der Waals surface area contributed by atoms with Crippen LogP contribution in [0.25, 0.3) is 0 Å². The van der Waals surface area contributed by atoms with Gasteiger partial charge in [0, 0.05) is 19.3 Å². The minimum absolute atomic E-state index is 0.0117. The van der Waals surface area contributed by atoms with Crippen molar-refractivity contribution in [1.82, 2.24) is 4.90 Å². The van der Waals surface area contributed by atoms with Crippen LogP contribution in [0.2, 0.25) is 0 Å². The molecule has 0 spiro atoms. The molecule has 1 aromatic carbocycles. The fourth-order valence-corrected chi connectivity index (χ4v) is 4.28. The summed E-state index contributed by atoms with van der Waals surface area (Å²) in [5.41, 5.74) is 0.745. The lowest BCUT2D eigenvalue weighted by atomic mass is 10.0. The summed E-state index contributed by atoms with van der Waals surface area (Å²) in [6.45, 7) is 0.526. The molecule has 30 heavy (non-hydrogen) atoms. The fourth-order valence-electron chi connectivity index (χ4n) is 4.28. The molecule has 0 N–H and O–H groups in total. The molecule has 5 nitrogen and oxygen atoms in total. The standard InChI is InChI=1S/C24H30FNO4/c25-20-8-5-19(6-9-20)17-22(27)12-10-21-11-13-23(28)26(21)15-16-30-24(29)14-7-18-3-1-2-4-18/h5-6,8-10,12,18,21H,1-4,7,11,13-17H2/b12-10+/t21-/m0/s1. The monoisotopic (exact) mass is 415 g/mol. The van der Waals surface area contributed by atoms with Crippen molar-refractivity contribution in [3.63, 3.8) is 0 Å². The Hall–Kier alpha value is -2.50. The molecule has 1 aliphatic carbocycles. The first-order chi connectivity index (χ1) is 14.5. The van der Waals surface area contributed by atoms with Crippen LogP contribution in [0, 0.1) is 11.7 Å². The summed E-state index contributed by atoms with van der Waals surface area (Å²) in [4.78, 5) is 37.9. The van der Waals surface area contributed by atoms with Crippen LogP contribution in [0.4, 0.5) is 4.39 Å². The summed E-state index contributed by atoms with van der Waals surface area (Å²) in [6.07, 6.45) is 10.8. The highest BCUT2D eigenvalue weighted by atomic mass is 19.1. The fraction of sp³-hybridized carbons (Fsp3) is 0.542. The largest absolute Gasteiger partial charge is 0.464 e. The van der Waals surface area contributed by atoms with Crippen molar-refractivity contribution in [2.24, 2.45) is 5.92 Å². The molecular weight excluding hydrogens is 385 g/mol.